The summed E-state index contributed by atoms with van der Waals surface area (Å²) in [4.78, 5) is 63.6. The number of rotatable bonds is 17. The highest BCUT2D eigenvalue weighted by molar-refractivity contribution is 5.95. The van der Waals surface area contributed by atoms with E-state index in [1.54, 1.807) is 55.5 Å². The Morgan fingerprint density at radius 3 is 1.83 bits per heavy atom. The fourth-order valence-corrected chi connectivity index (χ4v) is 4.31. The zero-order valence-corrected chi connectivity index (χ0v) is 26.8. The molecule has 3 amide bonds. The number of ether oxygens (including phenoxy) is 3. The molecule has 3 aromatic rings. The summed E-state index contributed by atoms with van der Waals surface area (Å²) in [6.07, 6.45) is -0.325. The number of benzene rings is 3. The summed E-state index contributed by atoms with van der Waals surface area (Å²) in [6.45, 7) is 4.96. The molecule has 0 bridgehead atoms. The van der Waals surface area contributed by atoms with Crippen LogP contribution in [0.5, 0.6) is 5.75 Å². The molecule has 250 valence electrons. The van der Waals surface area contributed by atoms with E-state index >= 15 is 0 Å². The van der Waals surface area contributed by atoms with E-state index in [1.165, 1.54) is 13.8 Å². The van der Waals surface area contributed by atoms with Crippen LogP contribution in [0, 0.1) is 0 Å². The van der Waals surface area contributed by atoms with Gasteiger partial charge in [0.15, 0.2) is 0 Å². The molecule has 12 heteroatoms. The van der Waals surface area contributed by atoms with Crippen LogP contribution in [0.1, 0.15) is 43.9 Å². The van der Waals surface area contributed by atoms with Crippen LogP contribution in [0.2, 0.25) is 0 Å². The maximum absolute atomic E-state index is 13.1. The molecule has 0 fully saturated rings. The predicted octanol–water partition coefficient (Wildman–Crippen LogP) is 2.33. The molecular weight excluding hydrogens is 604 g/mol. The lowest BCUT2D eigenvalue weighted by atomic mass is 10.1. The minimum Gasteiger partial charge on any atom is -0.489 e. The molecule has 0 aliphatic rings. The van der Waals surface area contributed by atoms with E-state index in [2.05, 4.69) is 16.0 Å². The van der Waals surface area contributed by atoms with Gasteiger partial charge >= 0.3 is 11.9 Å². The minimum atomic E-state index is -1.40. The van der Waals surface area contributed by atoms with Crippen LogP contribution in [0.25, 0.3) is 0 Å². The van der Waals surface area contributed by atoms with Gasteiger partial charge in [0.05, 0.1) is 19.1 Å². The number of nitrogens with one attached hydrogen (secondary N) is 3. The summed E-state index contributed by atoms with van der Waals surface area (Å²) in [5.74, 6) is -2.90. The molecule has 0 saturated carbocycles. The van der Waals surface area contributed by atoms with Gasteiger partial charge in [-0.15, -0.1) is 0 Å². The summed E-state index contributed by atoms with van der Waals surface area (Å²) in [5, 5.41) is 7.46. The van der Waals surface area contributed by atoms with Crippen molar-refractivity contribution >= 4 is 29.7 Å². The Bertz CT molecular complexity index is 1470. The molecule has 3 rings (SSSR count). The number of hydrogen-bond donors (Lipinski definition) is 4. The van der Waals surface area contributed by atoms with Gasteiger partial charge in [0.1, 0.15) is 37.1 Å². The number of nitrogens with two attached hydrogens (primary N) is 1. The van der Waals surface area contributed by atoms with E-state index in [0.29, 0.717) is 12.4 Å². The first kappa shape index (κ1) is 36.2. The molecule has 47 heavy (non-hydrogen) atoms. The predicted molar refractivity (Wildman–Crippen MR) is 174 cm³/mol. The largest absolute Gasteiger partial charge is 0.489 e. The average Bonchev–Trinajstić information content (AvgIpc) is 3.07. The molecule has 4 atom stereocenters. The Labute approximate surface area is 274 Å². The monoisotopic (exact) mass is 646 g/mol. The van der Waals surface area contributed by atoms with Crippen molar-refractivity contribution in [1.82, 2.24) is 16.0 Å². The SMILES string of the molecule is CCOC(=O)[C@H](C)NC(=O)[C@@H](CC(=O)OCc1ccccc1)NC(=O)[C@@H](C)NC(=O)[C@H](N)Cc1ccc(OCc2ccccc2)cc1. The summed E-state index contributed by atoms with van der Waals surface area (Å²) in [6, 6.07) is 21.3. The van der Waals surface area contributed by atoms with Crippen molar-refractivity contribution in [2.24, 2.45) is 5.73 Å². The number of carbonyl (C=O) groups is 5. The standard InChI is InChI=1S/C35H42N4O8/c1-4-45-35(44)24(3)38-34(43)30(20-31(40)47-22-27-13-9-6-10-14-27)39-32(41)23(2)37-33(42)29(36)19-25-15-17-28(18-16-25)46-21-26-11-7-5-8-12-26/h5-18,23-24,29-30H,4,19-22,36H2,1-3H3,(H,37,42)(H,38,43)(H,39,41)/t23-,24+,29-,30-/m1/s1. The molecule has 0 aliphatic carbocycles. The Kier molecular flexibility index (Phi) is 14.4. The summed E-state index contributed by atoms with van der Waals surface area (Å²) in [7, 11) is 0. The van der Waals surface area contributed by atoms with Crippen LogP contribution in [0.3, 0.4) is 0 Å². The van der Waals surface area contributed by atoms with Gasteiger partial charge in [-0.3, -0.25) is 19.2 Å². The Morgan fingerprint density at radius 1 is 0.660 bits per heavy atom. The van der Waals surface area contributed by atoms with Crippen molar-refractivity contribution < 1.29 is 38.2 Å². The lowest BCUT2D eigenvalue weighted by Gasteiger charge is -2.23. The van der Waals surface area contributed by atoms with Crippen molar-refractivity contribution in [3.8, 4) is 5.75 Å². The second-order valence-electron chi connectivity index (χ2n) is 10.9. The fraction of sp³-hybridized carbons (Fsp3) is 0.343. The van der Waals surface area contributed by atoms with Gasteiger partial charge in [-0.25, -0.2) is 4.79 Å². The highest BCUT2D eigenvalue weighted by Crippen LogP contribution is 2.15. The molecule has 0 saturated heterocycles. The smallest absolute Gasteiger partial charge is 0.328 e. The van der Waals surface area contributed by atoms with E-state index in [1.807, 2.05) is 36.4 Å². The third-order valence-corrected chi connectivity index (χ3v) is 6.96. The van der Waals surface area contributed by atoms with Crippen LogP contribution in [-0.4, -0.2) is 60.4 Å². The minimum absolute atomic E-state index is 0.0328. The van der Waals surface area contributed by atoms with Gasteiger partial charge in [0, 0.05) is 0 Å². The second-order valence-corrected chi connectivity index (χ2v) is 10.9. The van der Waals surface area contributed by atoms with Gasteiger partial charge in [-0.05, 0) is 56.0 Å². The average molecular weight is 647 g/mol. The maximum Gasteiger partial charge on any atom is 0.328 e. The molecule has 0 unspecified atom stereocenters. The fourth-order valence-electron chi connectivity index (χ4n) is 4.31. The first-order valence-corrected chi connectivity index (χ1v) is 15.3. The summed E-state index contributed by atoms with van der Waals surface area (Å²) in [5.41, 5.74) is 8.70. The molecule has 12 nitrogen and oxygen atoms in total. The number of hydrogen-bond acceptors (Lipinski definition) is 9. The Morgan fingerprint density at radius 2 is 1.23 bits per heavy atom. The normalized spacial score (nSPS) is 13.2. The lowest BCUT2D eigenvalue weighted by Crippen LogP contribution is -2.56. The van der Waals surface area contributed by atoms with E-state index in [-0.39, 0.29) is 19.6 Å². The van der Waals surface area contributed by atoms with Gasteiger partial charge in [0.2, 0.25) is 17.7 Å². The topological polar surface area (TPSA) is 175 Å². The molecule has 0 aromatic heterocycles. The first-order chi connectivity index (χ1) is 22.5. The first-order valence-electron chi connectivity index (χ1n) is 15.3. The molecule has 0 heterocycles. The molecular formula is C35H42N4O8. The number of esters is 2. The Balaban J connectivity index is 1.55. The molecule has 0 spiro atoms. The third-order valence-electron chi connectivity index (χ3n) is 6.96. The maximum atomic E-state index is 13.1. The van der Waals surface area contributed by atoms with E-state index in [0.717, 1.165) is 16.7 Å². The van der Waals surface area contributed by atoms with Gasteiger partial charge in [-0.1, -0.05) is 72.8 Å². The van der Waals surface area contributed by atoms with Gasteiger partial charge in [-0.2, -0.15) is 0 Å². The molecule has 0 aliphatic heterocycles. The van der Waals surface area contributed by atoms with E-state index in [4.69, 9.17) is 19.9 Å². The number of carbonyl (C=O) groups excluding carboxylic acids is 5. The van der Waals surface area contributed by atoms with Crippen molar-refractivity contribution in [3.63, 3.8) is 0 Å². The van der Waals surface area contributed by atoms with Crippen molar-refractivity contribution in [1.29, 1.82) is 0 Å². The highest BCUT2D eigenvalue weighted by atomic mass is 16.5. The zero-order valence-electron chi connectivity index (χ0n) is 26.8. The Hall–Kier alpha value is -5.23. The van der Waals surface area contributed by atoms with Crippen LogP contribution >= 0.6 is 0 Å². The van der Waals surface area contributed by atoms with Crippen molar-refractivity contribution in [3.05, 3.63) is 102 Å². The van der Waals surface area contributed by atoms with Gasteiger partial charge in [0.25, 0.3) is 0 Å². The van der Waals surface area contributed by atoms with E-state index < -0.39 is 60.2 Å². The molecule has 0 radical (unpaired) electrons. The van der Waals surface area contributed by atoms with Gasteiger partial charge < -0.3 is 35.9 Å². The third kappa shape index (κ3) is 12.6. The van der Waals surface area contributed by atoms with Crippen LogP contribution < -0.4 is 26.4 Å². The van der Waals surface area contributed by atoms with E-state index in [9.17, 15) is 24.0 Å². The highest BCUT2D eigenvalue weighted by Gasteiger charge is 2.30. The second kappa shape index (κ2) is 18.7. The summed E-state index contributed by atoms with van der Waals surface area (Å²) < 4.78 is 16.0. The van der Waals surface area contributed by atoms with Crippen LogP contribution in [0.4, 0.5) is 0 Å². The van der Waals surface area contributed by atoms with Crippen molar-refractivity contribution in [2.75, 3.05) is 6.61 Å². The molecule has 3 aromatic carbocycles. The quantitative estimate of drug-likeness (QED) is 0.160. The zero-order chi connectivity index (χ0) is 34.2. The molecule has 5 N–H and O–H groups in total. The van der Waals surface area contributed by atoms with Crippen LogP contribution in [-0.2, 0) is 53.1 Å². The summed E-state index contributed by atoms with van der Waals surface area (Å²) >= 11 is 0. The van der Waals surface area contributed by atoms with Crippen LogP contribution in [0.15, 0.2) is 84.9 Å². The van der Waals surface area contributed by atoms with Crippen molar-refractivity contribution in [2.45, 2.75) is 71.0 Å². The lowest BCUT2D eigenvalue weighted by molar-refractivity contribution is -0.148. The number of amides is 3.